The van der Waals surface area contributed by atoms with Gasteiger partial charge >= 0.3 is 0 Å². The van der Waals surface area contributed by atoms with E-state index >= 15 is 0 Å². The Labute approximate surface area is 51.3 Å². The Balaban J connectivity index is 3.02. The molecule has 0 unspecified atom stereocenters. The van der Waals surface area contributed by atoms with Crippen LogP contribution in [0.2, 0.25) is 0 Å². The first-order chi connectivity index (χ1) is 3.39. The van der Waals surface area contributed by atoms with E-state index in [-0.39, 0.29) is 0 Å². The highest BCUT2D eigenvalue weighted by molar-refractivity contribution is 9.10. The maximum absolute atomic E-state index is 3.28. The van der Waals surface area contributed by atoms with E-state index < -0.39 is 0 Å². The van der Waals surface area contributed by atoms with Gasteiger partial charge in [-0.3, -0.25) is 0 Å². The van der Waals surface area contributed by atoms with Gasteiger partial charge in [0, 0.05) is 4.47 Å². The van der Waals surface area contributed by atoms with Crippen LogP contribution < -0.4 is 0 Å². The topological polar surface area (TPSA) is 0 Å². The van der Waals surface area contributed by atoms with Crippen LogP contribution in [-0.2, 0) is 0 Å². The number of rotatable bonds is 0. The Kier molecular flexibility index (Phi) is 1.47. The van der Waals surface area contributed by atoms with Crippen molar-refractivity contribution in [2.45, 2.75) is 0 Å². The lowest BCUT2D eigenvalue weighted by Crippen LogP contribution is -1.56. The van der Waals surface area contributed by atoms with E-state index in [1.54, 1.807) is 0 Å². The Bertz CT molecular complexity index is 134. The standard InChI is InChI=1S/C6H4Br/c7-6-4-2-1-3-5-6/h1-2,4-5H. The summed E-state index contributed by atoms with van der Waals surface area (Å²) < 4.78 is 1.08. The van der Waals surface area contributed by atoms with Crippen molar-refractivity contribution in [3.05, 3.63) is 34.8 Å². The van der Waals surface area contributed by atoms with Gasteiger partial charge in [0.05, 0.1) is 0 Å². The van der Waals surface area contributed by atoms with Gasteiger partial charge < -0.3 is 0 Å². The third kappa shape index (κ3) is 1.32. The highest BCUT2D eigenvalue weighted by Gasteiger charge is 1.75. The first kappa shape index (κ1) is 4.85. The van der Waals surface area contributed by atoms with Gasteiger partial charge in [-0.05, 0) is 18.2 Å². The highest BCUT2D eigenvalue weighted by atomic mass is 79.9. The van der Waals surface area contributed by atoms with Gasteiger partial charge in [-0.2, -0.15) is 0 Å². The van der Waals surface area contributed by atoms with Gasteiger partial charge in [0.1, 0.15) is 0 Å². The second kappa shape index (κ2) is 2.12. The monoisotopic (exact) mass is 155 g/mol. The molecule has 1 rings (SSSR count). The van der Waals surface area contributed by atoms with Crippen LogP contribution in [-0.4, -0.2) is 0 Å². The van der Waals surface area contributed by atoms with E-state index in [9.17, 15) is 0 Å². The Hall–Kier alpha value is -0.300. The van der Waals surface area contributed by atoms with Crippen molar-refractivity contribution < 1.29 is 0 Å². The minimum absolute atomic E-state index is 1.08. The lowest BCUT2D eigenvalue weighted by Gasteiger charge is -1.79. The number of hydrogen-bond donors (Lipinski definition) is 0. The third-order valence-corrected chi connectivity index (χ3v) is 1.16. The average molecular weight is 156 g/mol. The van der Waals surface area contributed by atoms with Gasteiger partial charge in [0.2, 0.25) is 0 Å². The Morgan fingerprint density at radius 3 is 2.71 bits per heavy atom. The van der Waals surface area contributed by atoms with E-state index in [4.69, 9.17) is 0 Å². The van der Waals surface area contributed by atoms with Crippen LogP contribution in [0.1, 0.15) is 0 Å². The quantitative estimate of drug-likeness (QED) is 0.540. The van der Waals surface area contributed by atoms with Crippen molar-refractivity contribution in [2.75, 3.05) is 0 Å². The van der Waals surface area contributed by atoms with Gasteiger partial charge in [0.25, 0.3) is 0 Å². The summed E-state index contributed by atoms with van der Waals surface area (Å²) in [6, 6.07) is 10.6. The number of halogens is 1. The molecule has 1 radical (unpaired) electrons. The molecule has 1 heteroatoms. The van der Waals surface area contributed by atoms with Crippen molar-refractivity contribution in [3.8, 4) is 0 Å². The second-order valence-corrected chi connectivity index (χ2v) is 2.14. The molecule has 0 saturated heterocycles. The predicted octanol–water partition coefficient (Wildman–Crippen LogP) is 2.25. The van der Waals surface area contributed by atoms with E-state index in [0.29, 0.717) is 0 Å². The second-order valence-electron chi connectivity index (χ2n) is 1.22. The molecule has 0 bridgehead atoms. The zero-order chi connectivity index (χ0) is 5.11. The summed E-state index contributed by atoms with van der Waals surface area (Å²) in [5.74, 6) is 0. The van der Waals surface area contributed by atoms with Crippen LogP contribution in [0.5, 0.6) is 0 Å². The molecule has 0 amide bonds. The molecule has 0 aromatic heterocycles. The Morgan fingerprint density at radius 2 is 2.43 bits per heavy atom. The Morgan fingerprint density at radius 1 is 1.57 bits per heavy atom. The molecule has 0 fully saturated rings. The zero-order valence-corrected chi connectivity index (χ0v) is 5.27. The SMILES string of the molecule is Brc1c[c]ccc1. The van der Waals surface area contributed by atoms with Gasteiger partial charge in [0.15, 0.2) is 0 Å². The molecule has 0 aliphatic rings. The first-order valence-corrected chi connectivity index (χ1v) is 2.80. The van der Waals surface area contributed by atoms with Crippen molar-refractivity contribution in [3.63, 3.8) is 0 Å². The molecular weight excluding hydrogens is 152 g/mol. The molecule has 1 aromatic carbocycles. The van der Waals surface area contributed by atoms with Gasteiger partial charge in [-0.15, -0.1) is 0 Å². The lowest BCUT2D eigenvalue weighted by atomic mass is 10.4. The van der Waals surface area contributed by atoms with E-state index in [1.807, 2.05) is 24.3 Å². The molecule has 0 saturated carbocycles. The van der Waals surface area contributed by atoms with Crippen molar-refractivity contribution >= 4 is 15.9 Å². The normalized spacial score (nSPS) is 8.71. The summed E-state index contributed by atoms with van der Waals surface area (Å²) in [7, 11) is 0. The van der Waals surface area contributed by atoms with Crippen LogP contribution in [0.25, 0.3) is 0 Å². The molecule has 1 aromatic rings. The molecule has 0 spiro atoms. The molecule has 0 aliphatic carbocycles. The molecule has 0 nitrogen and oxygen atoms in total. The summed E-state index contributed by atoms with van der Waals surface area (Å²) in [5, 5.41) is 0. The maximum atomic E-state index is 3.28. The molecular formula is C6H4Br. The largest absolute Gasteiger partial charge is 0.0605 e. The fraction of sp³-hybridized carbons (Fsp3) is 0. The summed E-state index contributed by atoms with van der Waals surface area (Å²) in [6.45, 7) is 0. The summed E-state index contributed by atoms with van der Waals surface area (Å²) in [5.41, 5.74) is 0. The fourth-order valence-electron chi connectivity index (χ4n) is 0.371. The number of hydrogen-bond acceptors (Lipinski definition) is 0. The van der Waals surface area contributed by atoms with Crippen molar-refractivity contribution in [1.29, 1.82) is 0 Å². The molecule has 0 atom stereocenters. The lowest BCUT2D eigenvalue weighted by molar-refractivity contribution is 1.64. The van der Waals surface area contributed by atoms with Crippen molar-refractivity contribution in [1.82, 2.24) is 0 Å². The van der Waals surface area contributed by atoms with Crippen LogP contribution in [0.15, 0.2) is 28.7 Å². The summed E-state index contributed by atoms with van der Waals surface area (Å²) in [6.07, 6.45) is 0. The first-order valence-electron chi connectivity index (χ1n) is 2.01. The zero-order valence-electron chi connectivity index (χ0n) is 3.69. The van der Waals surface area contributed by atoms with Crippen LogP contribution in [0.4, 0.5) is 0 Å². The average Bonchev–Trinajstić information content (AvgIpc) is 1.69. The number of benzene rings is 1. The molecule has 0 heterocycles. The van der Waals surface area contributed by atoms with E-state index in [2.05, 4.69) is 22.0 Å². The van der Waals surface area contributed by atoms with Crippen molar-refractivity contribution in [2.24, 2.45) is 0 Å². The minimum atomic E-state index is 1.08. The van der Waals surface area contributed by atoms with E-state index in [1.165, 1.54) is 0 Å². The highest BCUT2D eigenvalue weighted by Crippen LogP contribution is 2.04. The summed E-state index contributed by atoms with van der Waals surface area (Å²) >= 11 is 3.28. The van der Waals surface area contributed by atoms with E-state index in [0.717, 1.165) is 4.47 Å². The van der Waals surface area contributed by atoms with Gasteiger partial charge in [-0.1, -0.05) is 28.1 Å². The molecule has 0 aliphatic heterocycles. The minimum Gasteiger partial charge on any atom is -0.0605 e. The van der Waals surface area contributed by atoms with Crippen LogP contribution in [0, 0.1) is 6.07 Å². The fourth-order valence-corrected chi connectivity index (χ4v) is 0.656. The third-order valence-electron chi connectivity index (χ3n) is 0.669. The molecule has 7 heavy (non-hydrogen) atoms. The predicted molar refractivity (Wildman–Crippen MR) is 33.0 cm³/mol. The molecule has 0 N–H and O–H groups in total. The van der Waals surface area contributed by atoms with Gasteiger partial charge in [-0.25, -0.2) is 0 Å². The smallest absolute Gasteiger partial charge is 0.0181 e. The maximum Gasteiger partial charge on any atom is 0.0181 e. The van der Waals surface area contributed by atoms with Crippen LogP contribution >= 0.6 is 15.9 Å². The summed E-state index contributed by atoms with van der Waals surface area (Å²) in [4.78, 5) is 0. The van der Waals surface area contributed by atoms with Crippen LogP contribution in [0.3, 0.4) is 0 Å². The molecule has 35 valence electrons.